The van der Waals surface area contributed by atoms with E-state index in [9.17, 15) is 8.42 Å². The van der Waals surface area contributed by atoms with Gasteiger partial charge in [-0.2, -0.15) is 0 Å². The van der Waals surface area contributed by atoms with Gasteiger partial charge in [0.15, 0.2) is 0 Å². The highest BCUT2D eigenvalue weighted by atomic mass is 32.2. The van der Waals surface area contributed by atoms with E-state index in [0.717, 1.165) is 24.9 Å². The molecule has 5 heteroatoms. The number of hydrogen-bond donors (Lipinski definition) is 2. The Balaban J connectivity index is 2.80. The second-order valence-corrected chi connectivity index (χ2v) is 6.89. The van der Waals surface area contributed by atoms with Gasteiger partial charge in [-0.3, -0.25) is 0 Å². The minimum absolute atomic E-state index is 0.0511. The van der Waals surface area contributed by atoms with Gasteiger partial charge in [0.1, 0.15) is 0 Å². The molecular weight excluding hydrogens is 272 g/mol. The molecule has 0 saturated carbocycles. The van der Waals surface area contributed by atoms with Crippen LogP contribution in [0.15, 0.2) is 29.2 Å². The third-order valence-corrected chi connectivity index (χ3v) is 4.97. The van der Waals surface area contributed by atoms with Crippen LogP contribution < -0.4 is 10.0 Å². The molecule has 0 aromatic heterocycles. The molecule has 20 heavy (non-hydrogen) atoms. The molecule has 114 valence electrons. The van der Waals surface area contributed by atoms with Crippen LogP contribution >= 0.6 is 0 Å². The molecule has 2 N–H and O–H groups in total. The molecule has 1 aromatic carbocycles. The van der Waals surface area contributed by atoms with Crippen molar-refractivity contribution in [2.45, 2.75) is 57.5 Å². The molecule has 0 saturated heterocycles. The van der Waals surface area contributed by atoms with Crippen LogP contribution in [0.4, 0.5) is 0 Å². The smallest absolute Gasteiger partial charge is 0.240 e. The molecule has 0 aliphatic heterocycles. The van der Waals surface area contributed by atoms with Crippen molar-refractivity contribution >= 4 is 10.0 Å². The van der Waals surface area contributed by atoms with Crippen LogP contribution in [0.25, 0.3) is 0 Å². The fourth-order valence-electron chi connectivity index (χ4n) is 1.83. The Hall–Kier alpha value is -0.910. The molecule has 0 amide bonds. The SMILES string of the molecule is CCCNC(C)c1ccc(S(=O)(=O)NC(C)CC)cc1. The molecule has 0 heterocycles. The summed E-state index contributed by atoms with van der Waals surface area (Å²) in [6.07, 6.45) is 1.85. The monoisotopic (exact) mass is 298 g/mol. The maximum absolute atomic E-state index is 12.1. The van der Waals surface area contributed by atoms with Crippen LogP contribution in [0.2, 0.25) is 0 Å². The largest absolute Gasteiger partial charge is 0.310 e. The zero-order chi connectivity index (χ0) is 15.2. The second kappa shape index (κ2) is 7.76. The molecule has 0 fully saturated rings. The van der Waals surface area contributed by atoms with Gasteiger partial charge in [0.2, 0.25) is 10.0 Å². The van der Waals surface area contributed by atoms with E-state index < -0.39 is 10.0 Å². The summed E-state index contributed by atoms with van der Waals surface area (Å²) in [5.41, 5.74) is 1.10. The van der Waals surface area contributed by atoms with Crippen LogP contribution in [0.5, 0.6) is 0 Å². The molecule has 4 nitrogen and oxygen atoms in total. The van der Waals surface area contributed by atoms with E-state index in [1.165, 1.54) is 0 Å². The summed E-state index contributed by atoms with van der Waals surface area (Å²) in [7, 11) is -3.40. The zero-order valence-electron chi connectivity index (χ0n) is 12.8. The average molecular weight is 298 g/mol. The Bertz CT molecular complexity index is 497. The van der Waals surface area contributed by atoms with Gasteiger partial charge in [-0.15, -0.1) is 0 Å². The van der Waals surface area contributed by atoms with Gasteiger partial charge in [0.05, 0.1) is 4.90 Å². The standard InChI is InChI=1S/C15H26N2O2S/c1-5-11-16-13(4)14-7-9-15(10-8-14)20(18,19)17-12(3)6-2/h7-10,12-13,16-17H,5-6,11H2,1-4H3. The van der Waals surface area contributed by atoms with E-state index in [1.807, 2.05) is 26.0 Å². The lowest BCUT2D eigenvalue weighted by molar-refractivity contribution is 0.555. The Morgan fingerprint density at radius 1 is 1.10 bits per heavy atom. The first kappa shape index (κ1) is 17.1. The first-order chi connectivity index (χ1) is 9.40. The lowest BCUT2D eigenvalue weighted by atomic mass is 10.1. The predicted molar refractivity (Wildman–Crippen MR) is 83.2 cm³/mol. The van der Waals surface area contributed by atoms with Crippen molar-refractivity contribution in [3.8, 4) is 0 Å². The molecule has 1 aromatic rings. The van der Waals surface area contributed by atoms with Crippen molar-refractivity contribution in [3.63, 3.8) is 0 Å². The number of hydrogen-bond acceptors (Lipinski definition) is 3. The highest BCUT2D eigenvalue weighted by Crippen LogP contribution is 2.16. The molecule has 0 bridgehead atoms. The third kappa shape index (κ3) is 4.89. The van der Waals surface area contributed by atoms with E-state index in [1.54, 1.807) is 12.1 Å². The van der Waals surface area contributed by atoms with E-state index in [2.05, 4.69) is 23.9 Å². The maximum Gasteiger partial charge on any atom is 0.240 e. The molecular formula is C15H26N2O2S. The van der Waals surface area contributed by atoms with E-state index in [0.29, 0.717) is 4.90 Å². The van der Waals surface area contributed by atoms with Crippen LogP contribution in [0, 0.1) is 0 Å². The van der Waals surface area contributed by atoms with Gasteiger partial charge in [0.25, 0.3) is 0 Å². The number of sulfonamides is 1. The summed E-state index contributed by atoms with van der Waals surface area (Å²) in [4.78, 5) is 0.323. The zero-order valence-corrected chi connectivity index (χ0v) is 13.6. The summed E-state index contributed by atoms with van der Waals surface area (Å²) in [6.45, 7) is 8.98. The molecule has 2 atom stereocenters. The third-order valence-electron chi connectivity index (χ3n) is 3.36. The molecule has 0 aliphatic carbocycles. The Kier molecular flexibility index (Phi) is 6.65. The van der Waals surface area contributed by atoms with Crippen molar-refractivity contribution in [2.75, 3.05) is 6.54 Å². The van der Waals surface area contributed by atoms with Gasteiger partial charge in [-0.05, 0) is 50.9 Å². The summed E-state index contributed by atoms with van der Waals surface area (Å²) in [6, 6.07) is 7.27. The minimum Gasteiger partial charge on any atom is -0.310 e. The second-order valence-electron chi connectivity index (χ2n) is 5.18. The van der Waals surface area contributed by atoms with Gasteiger partial charge >= 0.3 is 0 Å². The summed E-state index contributed by atoms with van der Waals surface area (Å²) >= 11 is 0. The van der Waals surface area contributed by atoms with E-state index >= 15 is 0 Å². The van der Waals surface area contributed by atoms with Crippen molar-refractivity contribution in [3.05, 3.63) is 29.8 Å². The molecule has 0 spiro atoms. The van der Waals surface area contributed by atoms with Crippen LogP contribution in [0.3, 0.4) is 0 Å². The average Bonchev–Trinajstić information content (AvgIpc) is 2.44. The molecule has 1 rings (SSSR count). The fourth-order valence-corrected chi connectivity index (χ4v) is 3.16. The van der Waals surface area contributed by atoms with Crippen molar-refractivity contribution in [1.29, 1.82) is 0 Å². The number of nitrogens with one attached hydrogen (secondary N) is 2. The lowest BCUT2D eigenvalue weighted by Gasteiger charge is -2.15. The van der Waals surface area contributed by atoms with Gasteiger partial charge in [-0.25, -0.2) is 13.1 Å². The van der Waals surface area contributed by atoms with Gasteiger partial charge < -0.3 is 5.32 Å². The highest BCUT2D eigenvalue weighted by molar-refractivity contribution is 7.89. The Morgan fingerprint density at radius 2 is 1.70 bits per heavy atom. The predicted octanol–water partition coefficient (Wildman–Crippen LogP) is 2.82. The first-order valence-electron chi connectivity index (χ1n) is 7.26. The summed E-state index contributed by atoms with van der Waals surface area (Å²) in [5, 5.41) is 3.38. The Labute approximate surface area is 123 Å². The minimum atomic E-state index is -3.40. The lowest BCUT2D eigenvalue weighted by Crippen LogP contribution is -2.32. The summed E-state index contributed by atoms with van der Waals surface area (Å²) in [5.74, 6) is 0. The van der Waals surface area contributed by atoms with Crippen molar-refractivity contribution < 1.29 is 8.42 Å². The fraction of sp³-hybridized carbons (Fsp3) is 0.600. The summed E-state index contributed by atoms with van der Waals surface area (Å²) < 4.78 is 26.9. The van der Waals surface area contributed by atoms with Gasteiger partial charge in [0, 0.05) is 12.1 Å². The van der Waals surface area contributed by atoms with E-state index in [4.69, 9.17) is 0 Å². The first-order valence-corrected chi connectivity index (χ1v) is 8.74. The molecule has 2 unspecified atom stereocenters. The maximum atomic E-state index is 12.1. The van der Waals surface area contributed by atoms with Crippen LogP contribution in [0.1, 0.15) is 52.1 Å². The van der Waals surface area contributed by atoms with E-state index in [-0.39, 0.29) is 12.1 Å². The topological polar surface area (TPSA) is 58.2 Å². The van der Waals surface area contributed by atoms with Crippen LogP contribution in [-0.4, -0.2) is 21.0 Å². The van der Waals surface area contributed by atoms with Crippen LogP contribution in [-0.2, 0) is 10.0 Å². The van der Waals surface area contributed by atoms with Gasteiger partial charge in [-0.1, -0.05) is 26.0 Å². The Morgan fingerprint density at radius 3 is 2.20 bits per heavy atom. The quantitative estimate of drug-likeness (QED) is 0.776. The number of benzene rings is 1. The molecule has 0 aliphatic rings. The van der Waals surface area contributed by atoms with Crippen molar-refractivity contribution in [2.24, 2.45) is 0 Å². The number of rotatable bonds is 8. The van der Waals surface area contributed by atoms with Crippen molar-refractivity contribution in [1.82, 2.24) is 10.0 Å². The molecule has 0 radical (unpaired) electrons. The normalized spacial score (nSPS) is 15.0. The highest BCUT2D eigenvalue weighted by Gasteiger charge is 2.16.